The van der Waals surface area contributed by atoms with Gasteiger partial charge >= 0.3 is 6.03 Å². The molecule has 4 amide bonds. The van der Waals surface area contributed by atoms with Crippen LogP contribution in [0.2, 0.25) is 5.02 Å². The first-order valence-electron chi connectivity index (χ1n) is 11.7. The van der Waals surface area contributed by atoms with Crippen LogP contribution in [0.1, 0.15) is 30.9 Å². The molecule has 0 spiro atoms. The van der Waals surface area contributed by atoms with Crippen LogP contribution >= 0.6 is 27.5 Å². The zero-order valence-electron chi connectivity index (χ0n) is 20.0. The Morgan fingerprint density at radius 2 is 1.70 bits per heavy atom. The number of anilines is 1. The minimum atomic E-state index is -0.829. The van der Waals surface area contributed by atoms with Gasteiger partial charge in [-0.25, -0.2) is 9.69 Å². The molecule has 4 rings (SSSR count). The lowest BCUT2D eigenvalue weighted by molar-refractivity contribution is -0.122. The predicted molar refractivity (Wildman–Crippen MR) is 146 cm³/mol. The van der Waals surface area contributed by atoms with E-state index < -0.39 is 17.8 Å². The van der Waals surface area contributed by atoms with Gasteiger partial charge in [0.2, 0.25) is 0 Å². The highest BCUT2D eigenvalue weighted by molar-refractivity contribution is 9.10. The fourth-order valence-electron chi connectivity index (χ4n) is 3.58. The Kier molecular flexibility index (Phi) is 8.63. The summed E-state index contributed by atoms with van der Waals surface area (Å²) in [5.41, 5.74) is 1.44. The van der Waals surface area contributed by atoms with Gasteiger partial charge in [0.05, 0.1) is 12.3 Å². The second-order valence-corrected chi connectivity index (χ2v) is 9.60. The molecule has 190 valence electrons. The maximum absolute atomic E-state index is 13.3. The van der Waals surface area contributed by atoms with Gasteiger partial charge in [0, 0.05) is 15.1 Å². The Hall–Kier alpha value is -3.62. The normalized spacial score (nSPS) is 14.6. The van der Waals surface area contributed by atoms with Crippen LogP contribution in [0.4, 0.5) is 10.5 Å². The quantitative estimate of drug-likeness (QED) is 0.176. The summed E-state index contributed by atoms with van der Waals surface area (Å²) in [5, 5.41) is 2.63. The number of hydrogen-bond acceptors (Lipinski definition) is 5. The van der Waals surface area contributed by atoms with Crippen molar-refractivity contribution >= 4 is 57.1 Å². The predicted octanol–water partition coefficient (Wildman–Crippen LogP) is 6.53. The molecule has 1 aliphatic rings. The lowest BCUT2D eigenvalue weighted by Crippen LogP contribution is -2.54. The Morgan fingerprint density at radius 1 is 0.973 bits per heavy atom. The molecule has 1 fully saturated rings. The van der Waals surface area contributed by atoms with E-state index in [9.17, 15) is 14.4 Å². The minimum absolute atomic E-state index is 0.223. The summed E-state index contributed by atoms with van der Waals surface area (Å²) in [7, 11) is 0. The van der Waals surface area contributed by atoms with E-state index in [0.29, 0.717) is 34.4 Å². The highest BCUT2D eigenvalue weighted by Gasteiger charge is 2.37. The van der Waals surface area contributed by atoms with Crippen molar-refractivity contribution in [3.8, 4) is 11.5 Å². The van der Waals surface area contributed by atoms with Crippen LogP contribution in [0.15, 0.2) is 76.8 Å². The van der Waals surface area contributed by atoms with Crippen LogP contribution in [0.5, 0.6) is 11.5 Å². The number of carbonyl (C=O) groups excluding carboxylic acids is 3. The molecule has 1 aliphatic heterocycles. The van der Waals surface area contributed by atoms with Crippen molar-refractivity contribution in [1.29, 1.82) is 0 Å². The van der Waals surface area contributed by atoms with Crippen molar-refractivity contribution in [2.24, 2.45) is 0 Å². The number of nitrogens with zero attached hydrogens (tertiary/aromatic N) is 1. The largest absolute Gasteiger partial charge is 0.494 e. The van der Waals surface area contributed by atoms with E-state index in [2.05, 4.69) is 28.2 Å². The minimum Gasteiger partial charge on any atom is -0.494 e. The van der Waals surface area contributed by atoms with Gasteiger partial charge in [0.1, 0.15) is 23.7 Å². The molecule has 0 aromatic heterocycles. The van der Waals surface area contributed by atoms with Gasteiger partial charge in [-0.05, 0) is 72.7 Å². The number of barbiturate groups is 1. The van der Waals surface area contributed by atoms with Crippen LogP contribution in [0, 0.1) is 0 Å². The monoisotopic (exact) mass is 582 g/mol. The molecule has 0 aliphatic carbocycles. The number of rotatable bonds is 9. The summed E-state index contributed by atoms with van der Waals surface area (Å²) < 4.78 is 12.6. The smallest absolute Gasteiger partial charge is 0.335 e. The summed E-state index contributed by atoms with van der Waals surface area (Å²) in [6.07, 6.45) is 3.30. The zero-order valence-corrected chi connectivity index (χ0v) is 22.3. The Bertz CT molecular complexity index is 1340. The van der Waals surface area contributed by atoms with E-state index in [1.807, 2.05) is 24.3 Å². The van der Waals surface area contributed by atoms with Crippen molar-refractivity contribution in [3.05, 3.63) is 92.9 Å². The van der Waals surface area contributed by atoms with Gasteiger partial charge in [-0.15, -0.1) is 0 Å². The molecule has 9 heteroatoms. The first-order valence-corrected chi connectivity index (χ1v) is 12.8. The summed E-state index contributed by atoms with van der Waals surface area (Å²) in [6.45, 7) is 2.91. The van der Waals surface area contributed by atoms with Crippen LogP contribution in [0.3, 0.4) is 0 Å². The summed E-state index contributed by atoms with van der Waals surface area (Å²) >= 11 is 9.60. The van der Waals surface area contributed by atoms with Crippen molar-refractivity contribution in [2.75, 3.05) is 11.5 Å². The molecular formula is C28H24BrClN2O5. The second-order valence-electron chi connectivity index (χ2n) is 8.25. The average molecular weight is 584 g/mol. The first kappa shape index (κ1) is 26.4. The molecule has 0 unspecified atom stereocenters. The van der Waals surface area contributed by atoms with Gasteiger partial charge in [-0.1, -0.05) is 53.0 Å². The number of benzene rings is 3. The fourth-order valence-corrected chi connectivity index (χ4v) is 4.02. The average Bonchev–Trinajstić information content (AvgIpc) is 2.88. The number of amides is 4. The number of ether oxygens (including phenoxy) is 2. The van der Waals surface area contributed by atoms with Crippen LogP contribution in [0.25, 0.3) is 6.08 Å². The maximum atomic E-state index is 13.3. The standard InChI is InChI=1S/C28H24BrClN2O5/c1-2-3-14-36-23-11-9-22(10-12-23)32-27(34)24(26(33)31-28(32)35)16-19-15-21(30)8-13-25(19)37-17-18-4-6-20(29)7-5-18/h4-13,15-16H,2-3,14,17H2,1H3,(H,31,33,35)/b24-16-. The van der Waals surface area contributed by atoms with Crippen molar-refractivity contribution in [3.63, 3.8) is 0 Å². The summed E-state index contributed by atoms with van der Waals surface area (Å²) in [6, 6.07) is 18.3. The molecule has 1 N–H and O–H groups in total. The SMILES string of the molecule is CCCCOc1ccc(N2C(=O)NC(=O)/C(=C/c3cc(Cl)ccc3OCc3ccc(Br)cc3)C2=O)cc1. The third-order valence-electron chi connectivity index (χ3n) is 5.54. The van der Waals surface area contributed by atoms with E-state index in [1.165, 1.54) is 6.08 Å². The van der Waals surface area contributed by atoms with E-state index in [4.69, 9.17) is 21.1 Å². The molecule has 0 bridgehead atoms. The molecule has 1 saturated heterocycles. The summed E-state index contributed by atoms with van der Waals surface area (Å²) in [4.78, 5) is 39.5. The van der Waals surface area contributed by atoms with E-state index >= 15 is 0 Å². The number of carbonyl (C=O) groups is 3. The van der Waals surface area contributed by atoms with Crippen molar-refractivity contribution < 1.29 is 23.9 Å². The first-order chi connectivity index (χ1) is 17.9. The zero-order chi connectivity index (χ0) is 26.4. The van der Waals surface area contributed by atoms with Crippen molar-refractivity contribution in [2.45, 2.75) is 26.4 Å². The van der Waals surface area contributed by atoms with Gasteiger partial charge in [0.15, 0.2) is 0 Å². The van der Waals surface area contributed by atoms with E-state index in [1.54, 1.807) is 42.5 Å². The number of halogens is 2. The third-order valence-corrected chi connectivity index (χ3v) is 6.31. The van der Waals surface area contributed by atoms with Crippen molar-refractivity contribution in [1.82, 2.24) is 5.32 Å². The van der Waals surface area contributed by atoms with Gasteiger partial charge in [-0.2, -0.15) is 0 Å². The molecule has 3 aromatic carbocycles. The maximum Gasteiger partial charge on any atom is 0.335 e. The molecule has 0 radical (unpaired) electrons. The van der Waals surface area contributed by atoms with Crippen LogP contribution in [-0.4, -0.2) is 24.5 Å². The second kappa shape index (κ2) is 12.1. The number of imide groups is 2. The number of urea groups is 1. The molecular weight excluding hydrogens is 560 g/mol. The number of nitrogens with one attached hydrogen (secondary N) is 1. The number of hydrogen-bond donors (Lipinski definition) is 1. The Balaban J connectivity index is 1.59. The van der Waals surface area contributed by atoms with Gasteiger partial charge < -0.3 is 9.47 Å². The van der Waals surface area contributed by atoms with Crippen LogP contribution < -0.4 is 19.7 Å². The Morgan fingerprint density at radius 3 is 2.41 bits per heavy atom. The van der Waals surface area contributed by atoms with E-state index in [0.717, 1.165) is 27.8 Å². The molecule has 7 nitrogen and oxygen atoms in total. The lowest BCUT2D eigenvalue weighted by Gasteiger charge is -2.26. The molecule has 37 heavy (non-hydrogen) atoms. The Labute approximate surface area is 228 Å². The molecule has 0 saturated carbocycles. The topological polar surface area (TPSA) is 84.9 Å². The molecule has 3 aromatic rings. The highest BCUT2D eigenvalue weighted by atomic mass is 79.9. The van der Waals surface area contributed by atoms with Crippen LogP contribution in [-0.2, 0) is 16.2 Å². The van der Waals surface area contributed by atoms with Gasteiger partial charge in [-0.3, -0.25) is 14.9 Å². The summed E-state index contributed by atoms with van der Waals surface area (Å²) in [5.74, 6) is -0.505. The highest BCUT2D eigenvalue weighted by Crippen LogP contribution is 2.29. The van der Waals surface area contributed by atoms with E-state index in [-0.39, 0.29) is 12.2 Å². The fraction of sp³-hybridized carbons (Fsp3) is 0.179. The van der Waals surface area contributed by atoms with Gasteiger partial charge in [0.25, 0.3) is 11.8 Å². The number of unbranched alkanes of at least 4 members (excludes halogenated alkanes) is 1. The third kappa shape index (κ3) is 6.58. The lowest BCUT2D eigenvalue weighted by atomic mass is 10.1. The molecule has 1 heterocycles. The molecule has 0 atom stereocenters.